The van der Waals surface area contributed by atoms with Crippen molar-refractivity contribution in [1.82, 2.24) is 9.97 Å². The monoisotopic (exact) mass is 743 g/mol. The number of aliphatic hydroxyl groups is 7. The lowest BCUT2D eigenvalue weighted by Gasteiger charge is -2.45. The zero-order valence-electron chi connectivity index (χ0n) is 29.6. The van der Waals surface area contributed by atoms with Gasteiger partial charge in [-0.2, -0.15) is 0 Å². The van der Waals surface area contributed by atoms with Gasteiger partial charge in [-0.3, -0.25) is 4.98 Å². The molecule has 16 heteroatoms. The maximum Gasteiger partial charge on any atom is 0.332 e. The van der Waals surface area contributed by atoms with Crippen LogP contribution in [-0.4, -0.2) is 152 Å². The molecule has 3 heterocycles. The number of carbonyl (C=O) groups excluding carboxylic acids is 1. The topological polar surface area (TPSA) is 234 Å². The molecule has 2 aliphatic rings. The van der Waals surface area contributed by atoms with Crippen molar-refractivity contribution in [3.8, 4) is 22.5 Å². The fourth-order valence-electron chi connectivity index (χ4n) is 6.27. The Morgan fingerprint density at radius 3 is 2.06 bits per heavy atom. The van der Waals surface area contributed by atoms with Gasteiger partial charge in [-0.05, 0) is 26.7 Å². The zero-order chi connectivity index (χ0) is 38.1. The van der Waals surface area contributed by atoms with Gasteiger partial charge in [0.2, 0.25) is 0 Å². The number of anilines is 1. The Morgan fingerprint density at radius 1 is 0.792 bits per heavy atom. The standard InChI is InChI=1S/C37H49N3O13/c1-21(2)40(26-17-38-28(22-11-5-3-6-12-22)29(39-26)23-13-7-4-8-14-23)15-9-10-16-49-20-27(43)52-35-33(47)34(25(19-42)50-36(35)48)53-37-32(46)31(45)30(44)24(18-41)51-37/h3-8,11-14,17,21,24-25,30-37,41-42,44-48H,9-10,15-16,18-20H2,1-2H3. The Balaban J connectivity index is 1.12. The average molecular weight is 744 g/mol. The maximum atomic E-state index is 12.7. The minimum absolute atomic E-state index is 0.112. The molecule has 53 heavy (non-hydrogen) atoms. The molecular formula is C37H49N3O13. The summed E-state index contributed by atoms with van der Waals surface area (Å²) in [4.78, 5) is 24.7. The van der Waals surface area contributed by atoms with Crippen LogP contribution in [0.4, 0.5) is 5.82 Å². The highest BCUT2D eigenvalue weighted by Gasteiger charge is 2.51. The predicted molar refractivity (Wildman–Crippen MR) is 188 cm³/mol. The van der Waals surface area contributed by atoms with Crippen molar-refractivity contribution in [3.63, 3.8) is 0 Å². The average Bonchev–Trinajstić information content (AvgIpc) is 3.17. The van der Waals surface area contributed by atoms with Crippen LogP contribution in [0.2, 0.25) is 0 Å². The number of aliphatic hydroxyl groups excluding tert-OH is 7. The zero-order valence-corrected chi connectivity index (χ0v) is 29.6. The van der Waals surface area contributed by atoms with Gasteiger partial charge in [0.25, 0.3) is 0 Å². The van der Waals surface area contributed by atoms with Gasteiger partial charge in [0, 0.05) is 30.3 Å². The number of rotatable bonds is 16. The Bertz CT molecular complexity index is 1570. The molecule has 0 bridgehead atoms. The molecule has 10 unspecified atom stereocenters. The van der Waals surface area contributed by atoms with E-state index in [1.165, 1.54) is 0 Å². The van der Waals surface area contributed by atoms with Crippen molar-refractivity contribution in [2.75, 3.05) is 37.9 Å². The van der Waals surface area contributed by atoms with Crippen LogP contribution >= 0.6 is 0 Å². The second-order valence-corrected chi connectivity index (χ2v) is 13.2. The molecule has 2 aromatic carbocycles. The number of carbonyl (C=O) groups is 1. The minimum atomic E-state index is -1.85. The third-order valence-corrected chi connectivity index (χ3v) is 9.15. The van der Waals surface area contributed by atoms with Crippen molar-refractivity contribution in [3.05, 3.63) is 66.9 Å². The molecule has 2 aliphatic heterocycles. The SMILES string of the molecule is CC(C)N(CCCCOCC(=O)OC1C(O)OC(CO)C(OC2OC(CO)C(O)C(O)C2O)C1O)c1cnc(-c2ccccc2)c(-c2ccccc2)n1. The summed E-state index contributed by atoms with van der Waals surface area (Å²) in [5.41, 5.74) is 3.48. The van der Waals surface area contributed by atoms with Crippen molar-refractivity contribution in [2.45, 2.75) is 94.1 Å². The summed E-state index contributed by atoms with van der Waals surface area (Å²) in [5.74, 6) is -0.191. The molecule has 0 aliphatic carbocycles. The highest BCUT2D eigenvalue weighted by molar-refractivity contribution is 5.78. The largest absolute Gasteiger partial charge is 0.452 e. The minimum Gasteiger partial charge on any atom is -0.452 e. The van der Waals surface area contributed by atoms with E-state index in [1.807, 2.05) is 60.7 Å². The van der Waals surface area contributed by atoms with E-state index in [0.29, 0.717) is 19.4 Å². The number of nitrogens with zero attached hydrogens (tertiary/aromatic N) is 3. The first-order valence-corrected chi connectivity index (χ1v) is 17.6. The van der Waals surface area contributed by atoms with Gasteiger partial charge in [-0.1, -0.05) is 60.7 Å². The van der Waals surface area contributed by atoms with E-state index in [4.69, 9.17) is 33.7 Å². The van der Waals surface area contributed by atoms with Crippen LogP contribution in [0, 0.1) is 0 Å². The molecule has 5 rings (SSSR count). The fraction of sp³-hybridized carbons (Fsp3) is 0.541. The summed E-state index contributed by atoms with van der Waals surface area (Å²) in [7, 11) is 0. The second kappa shape index (κ2) is 19.1. The smallest absolute Gasteiger partial charge is 0.332 e. The van der Waals surface area contributed by atoms with Gasteiger partial charge in [-0.25, -0.2) is 9.78 Å². The first-order chi connectivity index (χ1) is 25.5. The molecule has 0 spiro atoms. The molecular weight excluding hydrogens is 694 g/mol. The van der Waals surface area contributed by atoms with E-state index in [1.54, 1.807) is 6.20 Å². The Hall–Kier alpha value is -3.65. The third-order valence-electron chi connectivity index (χ3n) is 9.15. The van der Waals surface area contributed by atoms with Crippen LogP contribution in [0.3, 0.4) is 0 Å². The number of esters is 1. The first kappa shape index (κ1) is 40.5. The quantitative estimate of drug-likeness (QED) is 0.0755. The van der Waals surface area contributed by atoms with Gasteiger partial charge >= 0.3 is 5.97 Å². The number of hydrogen-bond donors (Lipinski definition) is 7. The van der Waals surface area contributed by atoms with Gasteiger partial charge in [0.15, 0.2) is 18.7 Å². The number of ether oxygens (including phenoxy) is 5. The Kier molecular flexibility index (Phi) is 14.6. The molecule has 7 N–H and O–H groups in total. The van der Waals surface area contributed by atoms with Crippen LogP contribution in [-0.2, 0) is 28.5 Å². The lowest BCUT2D eigenvalue weighted by Crippen LogP contribution is -2.65. The molecule has 1 aromatic heterocycles. The Morgan fingerprint density at radius 2 is 1.43 bits per heavy atom. The number of benzene rings is 2. The summed E-state index contributed by atoms with van der Waals surface area (Å²) in [6.07, 6.45) is -13.4. The Labute approximate surface area is 307 Å². The molecule has 0 saturated carbocycles. The molecule has 10 atom stereocenters. The normalized spacial score (nSPS) is 28.9. The van der Waals surface area contributed by atoms with Crippen LogP contribution < -0.4 is 4.90 Å². The molecule has 2 fully saturated rings. The van der Waals surface area contributed by atoms with Crippen molar-refractivity contribution < 1.29 is 64.2 Å². The van der Waals surface area contributed by atoms with Crippen molar-refractivity contribution in [1.29, 1.82) is 0 Å². The number of hydrogen-bond acceptors (Lipinski definition) is 16. The molecule has 0 radical (unpaired) electrons. The van der Waals surface area contributed by atoms with Gasteiger partial charge < -0.3 is 64.3 Å². The highest BCUT2D eigenvalue weighted by atomic mass is 16.7. The summed E-state index contributed by atoms with van der Waals surface area (Å²) in [5, 5.41) is 71.1. The van der Waals surface area contributed by atoms with Crippen molar-refractivity contribution >= 4 is 11.8 Å². The fourth-order valence-corrected chi connectivity index (χ4v) is 6.27. The van der Waals surface area contributed by atoms with Crippen LogP contribution in [0.5, 0.6) is 0 Å². The first-order valence-electron chi connectivity index (χ1n) is 17.6. The molecule has 16 nitrogen and oxygen atoms in total. The van der Waals surface area contributed by atoms with Crippen molar-refractivity contribution in [2.24, 2.45) is 0 Å². The van der Waals surface area contributed by atoms with Gasteiger partial charge in [-0.15, -0.1) is 0 Å². The molecule has 0 amide bonds. The summed E-state index contributed by atoms with van der Waals surface area (Å²) in [6, 6.07) is 19.9. The van der Waals surface area contributed by atoms with E-state index in [-0.39, 0.29) is 12.6 Å². The highest BCUT2D eigenvalue weighted by Crippen LogP contribution is 2.32. The molecule has 3 aromatic rings. The van der Waals surface area contributed by atoms with Crippen LogP contribution in [0.25, 0.3) is 22.5 Å². The van der Waals surface area contributed by atoms with E-state index in [0.717, 1.165) is 28.3 Å². The second-order valence-electron chi connectivity index (χ2n) is 13.2. The summed E-state index contributed by atoms with van der Waals surface area (Å²) in [6.45, 7) is 3.00. The third kappa shape index (κ3) is 9.92. The van der Waals surface area contributed by atoms with Gasteiger partial charge in [0.1, 0.15) is 55.2 Å². The predicted octanol–water partition coefficient (Wildman–Crippen LogP) is -0.0105. The van der Waals surface area contributed by atoms with E-state index < -0.39 is 87.2 Å². The van der Waals surface area contributed by atoms with E-state index in [9.17, 15) is 40.5 Å². The van der Waals surface area contributed by atoms with Crippen LogP contribution in [0.15, 0.2) is 66.9 Å². The van der Waals surface area contributed by atoms with Gasteiger partial charge in [0.05, 0.1) is 30.8 Å². The number of aromatic nitrogens is 2. The maximum absolute atomic E-state index is 12.7. The summed E-state index contributed by atoms with van der Waals surface area (Å²) >= 11 is 0. The van der Waals surface area contributed by atoms with Crippen LogP contribution in [0.1, 0.15) is 26.7 Å². The summed E-state index contributed by atoms with van der Waals surface area (Å²) < 4.78 is 27.0. The van der Waals surface area contributed by atoms with E-state index in [2.05, 4.69) is 18.7 Å². The number of unbranched alkanes of at least 4 members (excludes halogenated alkanes) is 1. The lowest BCUT2D eigenvalue weighted by atomic mass is 9.97. The molecule has 290 valence electrons. The lowest BCUT2D eigenvalue weighted by molar-refractivity contribution is -0.355. The van der Waals surface area contributed by atoms with E-state index >= 15 is 0 Å². The molecule has 2 saturated heterocycles.